The predicted molar refractivity (Wildman–Crippen MR) is 101 cm³/mol. The lowest BCUT2D eigenvalue weighted by atomic mass is 9.97. The fraction of sp³-hybridized carbons (Fsp3) is 0.286. The molecule has 0 bridgehead atoms. The highest BCUT2D eigenvalue weighted by atomic mass is 16.5. The summed E-state index contributed by atoms with van der Waals surface area (Å²) in [5.41, 5.74) is 2.17. The van der Waals surface area contributed by atoms with Crippen molar-refractivity contribution in [2.24, 2.45) is 5.10 Å². The van der Waals surface area contributed by atoms with Gasteiger partial charge in [0.15, 0.2) is 0 Å². The molecule has 0 saturated carbocycles. The second kappa shape index (κ2) is 8.56. The average molecular weight is 381 g/mol. The van der Waals surface area contributed by atoms with Crippen molar-refractivity contribution in [3.8, 4) is 11.5 Å². The Balaban J connectivity index is 1.87. The van der Waals surface area contributed by atoms with E-state index in [2.05, 4.69) is 5.10 Å². The number of ether oxygens (including phenoxy) is 1. The van der Waals surface area contributed by atoms with Gasteiger partial charge in [-0.15, -0.1) is 0 Å². The molecule has 1 heterocycles. The fourth-order valence-corrected chi connectivity index (χ4v) is 3.21. The highest BCUT2D eigenvalue weighted by Gasteiger charge is 2.34. The van der Waals surface area contributed by atoms with Crippen molar-refractivity contribution in [3.05, 3.63) is 59.7 Å². The van der Waals surface area contributed by atoms with Crippen LogP contribution in [0.5, 0.6) is 11.5 Å². The summed E-state index contributed by atoms with van der Waals surface area (Å²) in [6.07, 6.45) is 0.474. The molecule has 0 unspecified atom stereocenters. The molecule has 7 nitrogen and oxygen atoms in total. The van der Waals surface area contributed by atoms with Gasteiger partial charge >= 0.3 is 0 Å². The van der Waals surface area contributed by atoms with Crippen LogP contribution in [0.2, 0.25) is 0 Å². The van der Waals surface area contributed by atoms with Gasteiger partial charge in [-0.25, -0.2) is 5.01 Å². The number of hydrogen-bond acceptors (Lipinski definition) is 6. The summed E-state index contributed by atoms with van der Waals surface area (Å²) >= 11 is 0. The molecule has 146 valence electrons. The molecule has 0 fully saturated rings. The van der Waals surface area contributed by atoms with E-state index in [4.69, 9.17) is 4.74 Å². The number of para-hydroxylation sites is 1. The summed E-state index contributed by atoms with van der Waals surface area (Å²) in [6, 6.07) is 13.7. The van der Waals surface area contributed by atoms with Crippen molar-refractivity contribution in [1.29, 1.82) is 0 Å². The number of rotatable bonds is 7. The van der Waals surface area contributed by atoms with Gasteiger partial charge in [-0.3, -0.25) is 4.79 Å². The Bertz CT molecular complexity index is 892. The van der Waals surface area contributed by atoms with Gasteiger partial charge in [-0.1, -0.05) is 18.2 Å². The van der Waals surface area contributed by atoms with E-state index in [1.807, 2.05) is 24.3 Å². The van der Waals surface area contributed by atoms with Gasteiger partial charge in [0.05, 0.1) is 18.9 Å². The Morgan fingerprint density at radius 3 is 2.54 bits per heavy atom. The summed E-state index contributed by atoms with van der Waals surface area (Å²) in [7, 11) is 1.59. The summed E-state index contributed by atoms with van der Waals surface area (Å²) in [6.45, 7) is 0. The number of carboxylic acids is 1. The quantitative estimate of drug-likeness (QED) is 0.790. The zero-order valence-electron chi connectivity index (χ0n) is 15.5. The Kier molecular flexibility index (Phi) is 5.93. The van der Waals surface area contributed by atoms with Gasteiger partial charge in [-0.05, 0) is 48.7 Å². The van der Waals surface area contributed by atoms with Crippen molar-refractivity contribution in [1.82, 2.24) is 5.01 Å². The molecule has 0 radical (unpaired) electrons. The van der Waals surface area contributed by atoms with Crippen LogP contribution in [0.4, 0.5) is 0 Å². The third-order valence-corrected chi connectivity index (χ3v) is 4.66. The lowest BCUT2D eigenvalue weighted by Crippen LogP contribution is -2.28. The molecule has 1 aliphatic heterocycles. The van der Waals surface area contributed by atoms with E-state index < -0.39 is 12.0 Å². The Labute approximate surface area is 162 Å². The van der Waals surface area contributed by atoms with Crippen molar-refractivity contribution >= 4 is 17.6 Å². The van der Waals surface area contributed by atoms with Crippen LogP contribution in [0.3, 0.4) is 0 Å². The van der Waals surface area contributed by atoms with E-state index in [-0.39, 0.29) is 30.9 Å². The number of hydrogen-bond donors (Lipinski definition) is 1. The van der Waals surface area contributed by atoms with Crippen molar-refractivity contribution in [2.75, 3.05) is 7.11 Å². The second-order valence-corrected chi connectivity index (χ2v) is 6.52. The first-order chi connectivity index (χ1) is 13.5. The molecule has 28 heavy (non-hydrogen) atoms. The number of nitrogens with zero attached hydrogens (tertiary/aromatic N) is 2. The van der Waals surface area contributed by atoms with Crippen LogP contribution in [0.25, 0.3) is 0 Å². The maximum Gasteiger partial charge on any atom is 0.243 e. The smallest absolute Gasteiger partial charge is 0.243 e. The van der Waals surface area contributed by atoms with Crippen LogP contribution in [-0.2, 0) is 9.59 Å². The molecular formula is C21H21N2O5-. The number of carbonyl (C=O) groups is 2. The molecule has 2 aromatic rings. The zero-order valence-corrected chi connectivity index (χ0v) is 15.5. The van der Waals surface area contributed by atoms with Crippen LogP contribution in [0, 0.1) is 0 Å². The number of aliphatic carboxylic acids is 1. The highest BCUT2D eigenvalue weighted by Crippen LogP contribution is 2.37. The number of hydrazone groups is 1. The van der Waals surface area contributed by atoms with Crippen LogP contribution in [-0.4, -0.2) is 34.8 Å². The summed E-state index contributed by atoms with van der Waals surface area (Å²) < 4.78 is 5.17. The molecule has 1 atom stereocenters. The van der Waals surface area contributed by atoms with Crippen LogP contribution in [0.15, 0.2) is 53.6 Å². The number of phenols is 1. The zero-order chi connectivity index (χ0) is 20.1. The fourth-order valence-electron chi connectivity index (χ4n) is 3.21. The molecule has 0 aromatic heterocycles. The number of phenolic OH excluding ortho intramolecular Hbond substituents is 1. The van der Waals surface area contributed by atoms with Crippen molar-refractivity contribution in [3.63, 3.8) is 0 Å². The van der Waals surface area contributed by atoms with E-state index in [1.165, 1.54) is 5.01 Å². The molecule has 1 amide bonds. The van der Waals surface area contributed by atoms with Crippen LogP contribution in [0.1, 0.15) is 42.9 Å². The molecule has 0 saturated heterocycles. The second-order valence-electron chi connectivity index (χ2n) is 6.52. The minimum absolute atomic E-state index is 0.0392. The average Bonchev–Trinajstić information content (AvgIpc) is 3.13. The Hall–Kier alpha value is -3.35. The van der Waals surface area contributed by atoms with Crippen LogP contribution < -0.4 is 9.84 Å². The van der Waals surface area contributed by atoms with Gasteiger partial charge in [0.25, 0.3) is 0 Å². The van der Waals surface area contributed by atoms with Gasteiger partial charge < -0.3 is 19.7 Å². The Morgan fingerprint density at radius 2 is 1.89 bits per heavy atom. The molecule has 7 heteroatoms. The molecular weight excluding hydrogens is 360 g/mol. The van der Waals surface area contributed by atoms with E-state index in [0.29, 0.717) is 17.7 Å². The monoisotopic (exact) mass is 381 g/mol. The first-order valence-electron chi connectivity index (χ1n) is 9.01. The molecule has 0 aliphatic carbocycles. The van der Waals surface area contributed by atoms with Gasteiger partial charge in [-0.2, -0.15) is 5.10 Å². The maximum absolute atomic E-state index is 12.7. The van der Waals surface area contributed by atoms with E-state index in [0.717, 1.165) is 11.3 Å². The lowest BCUT2D eigenvalue weighted by molar-refractivity contribution is -0.305. The number of benzene rings is 2. The largest absolute Gasteiger partial charge is 0.550 e. The summed E-state index contributed by atoms with van der Waals surface area (Å²) in [4.78, 5) is 23.3. The van der Waals surface area contributed by atoms with E-state index >= 15 is 0 Å². The number of carbonyl (C=O) groups excluding carboxylic acids is 2. The third kappa shape index (κ3) is 4.31. The summed E-state index contributed by atoms with van der Waals surface area (Å²) in [5, 5.41) is 26.7. The number of aromatic hydroxyl groups is 1. The van der Waals surface area contributed by atoms with E-state index in [9.17, 15) is 19.8 Å². The molecule has 2 aromatic carbocycles. The van der Waals surface area contributed by atoms with Gasteiger partial charge in [0, 0.05) is 24.4 Å². The molecule has 1 aliphatic rings. The maximum atomic E-state index is 12.7. The van der Waals surface area contributed by atoms with Gasteiger partial charge in [0.2, 0.25) is 5.91 Å². The van der Waals surface area contributed by atoms with E-state index in [1.54, 1.807) is 31.4 Å². The number of carboxylic acid groups (broad SMARTS) is 1. The topological polar surface area (TPSA) is 102 Å². The number of methoxy groups -OCH3 is 1. The van der Waals surface area contributed by atoms with Gasteiger partial charge in [0.1, 0.15) is 11.5 Å². The standard InChI is InChI=1S/C21H22N2O5/c1-28-15-11-9-14(10-12-15)17-13-18(16-5-2-3-6-19(16)24)23(22-17)20(25)7-4-8-21(26)27/h2-3,5-6,9-12,18,24H,4,7-8,13H2,1H3,(H,26,27)/p-1/t18-/m0/s1. The molecule has 3 rings (SSSR count). The minimum Gasteiger partial charge on any atom is -0.550 e. The predicted octanol–water partition coefficient (Wildman–Crippen LogP) is 2.00. The van der Waals surface area contributed by atoms with Crippen molar-refractivity contribution < 1.29 is 24.5 Å². The molecule has 1 N–H and O–H groups in total. The summed E-state index contributed by atoms with van der Waals surface area (Å²) in [5.74, 6) is -0.673. The first-order valence-corrected chi connectivity index (χ1v) is 9.01. The normalized spacial score (nSPS) is 16.0. The number of amides is 1. The Morgan fingerprint density at radius 1 is 1.18 bits per heavy atom. The first kappa shape index (κ1) is 19.4. The highest BCUT2D eigenvalue weighted by molar-refractivity contribution is 6.03. The van der Waals surface area contributed by atoms with Crippen molar-refractivity contribution in [2.45, 2.75) is 31.7 Å². The molecule has 0 spiro atoms. The minimum atomic E-state index is -1.19. The lowest BCUT2D eigenvalue weighted by Gasteiger charge is -2.22. The third-order valence-electron chi connectivity index (χ3n) is 4.66. The van der Waals surface area contributed by atoms with Crippen LogP contribution >= 0.6 is 0 Å². The SMILES string of the molecule is COc1ccc(C2=NN(C(=O)CCCC(=O)[O-])[C@H](c3ccccc3O)C2)cc1.